The summed E-state index contributed by atoms with van der Waals surface area (Å²) in [7, 11) is 0. The highest BCUT2D eigenvalue weighted by atomic mass is 35.5. The zero-order chi connectivity index (χ0) is 13.8. The molecule has 0 heterocycles. The van der Waals surface area contributed by atoms with Crippen LogP contribution in [0.1, 0.15) is 5.56 Å². The van der Waals surface area contributed by atoms with Crippen molar-refractivity contribution in [1.82, 2.24) is 0 Å². The Balaban J connectivity index is 2.35. The van der Waals surface area contributed by atoms with E-state index in [0.29, 0.717) is 39.5 Å². The van der Waals surface area contributed by atoms with E-state index in [-0.39, 0.29) is 0 Å². The summed E-state index contributed by atoms with van der Waals surface area (Å²) in [4.78, 5) is 0. The Morgan fingerprint density at radius 3 is 2.42 bits per heavy atom. The molecule has 0 radical (unpaired) electrons. The van der Waals surface area contributed by atoms with Gasteiger partial charge < -0.3 is 10.5 Å². The number of halogens is 3. The van der Waals surface area contributed by atoms with Crippen molar-refractivity contribution in [1.29, 1.82) is 0 Å². The largest absolute Gasteiger partial charge is 0.455 e. The molecule has 0 saturated carbocycles. The lowest BCUT2D eigenvalue weighted by atomic mass is 10.1. The first-order valence-corrected chi connectivity index (χ1v) is 6.85. The van der Waals surface area contributed by atoms with Crippen molar-refractivity contribution < 1.29 is 4.74 Å². The van der Waals surface area contributed by atoms with E-state index in [0.717, 1.165) is 5.56 Å². The molecule has 2 rings (SSSR count). The molecule has 0 aliphatic carbocycles. The Morgan fingerprint density at radius 1 is 0.947 bits per heavy atom. The molecule has 2 aromatic rings. The lowest BCUT2D eigenvalue weighted by molar-refractivity contribution is 0.476. The number of nitrogens with two attached hydrogens (primary N) is 1. The van der Waals surface area contributed by atoms with Crippen LogP contribution in [0.3, 0.4) is 0 Å². The topological polar surface area (TPSA) is 35.2 Å². The SMILES string of the molecule is NCCc1c(Cl)cccc1Oc1ccc(Cl)cc1Cl. The van der Waals surface area contributed by atoms with Crippen LogP contribution in [0.4, 0.5) is 0 Å². The normalized spacial score (nSPS) is 10.5. The molecule has 0 amide bonds. The first kappa shape index (κ1) is 14.5. The molecule has 5 heteroatoms. The zero-order valence-electron chi connectivity index (χ0n) is 10.00. The molecule has 0 fully saturated rings. The van der Waals surface area contributed by atoms with Crippen LogP contribution >= 0.6 is 34.8 Å². The van der Waals surface area contributed by atoms with Gasteiger partial charge in [0.25, 0.3) is 0 Å². The van der Waals surface area contributed by atoms with Gasteiger partial charge in [0, 0.05) is 15.6 Å². The van der Waals surface area contributed by atoms with Crippen LogP contribution in [0, 0.1) is 0 Å². The second kappa shape index (κ2) is 6.49. The Kier molecular flexibility index (Phi) is 4.94. The van der Waals surface area contributed by atoms with E-state index in [2.05, 4.69) is 0 Å². The third kappa shape index (κ3) is 3.54. The van der Waals surface area contributed by atoms with E-state index >= 15 is 0 Å². The fourth-order valence-electron chi connectivity index (χ4n) is 1.70. The molecule has 0 aliphatic heterocycles. The van der Waals surface area contributed by atoms with Crippen LogP contribution in [-0.2, 0) is 6.42 Å². The summed E-state index contributed by atoms with van der Waals surface area (Å²) in [6.45, 7) is 0.494. The van der Waals surface area contributed by atoms with Crippen LogP contribution in [-0.4, -0.2) is 6.54 Å². The minimum atomic E-state index is 0.450. The maximum atomic E-state index is 6.15. The summed E-state index contributed by atoms with van der Waals surface area (Å²) in [5.74, 6) is 1.19. The number of hydrogen-bond acceptors (Lipinski definition) is 2. The number of ether oxygens (including phenoxy) is 1. The summed E-state index contributed by atoms with van der Waals surface area (Å²) in [5, 5.41) is 1.64. The van der Waals surface area contributed by atoms with Crippen molar-refractivity contribution in [2.24, 2.45) is 5.73 Å². The van der Waals surface area contributed by atoms with Gasteiger partial charge in [0.05, 0.1) is 5.02 Å². The van der Waals surface area contributed by atoms with Crippen LogP contribution in [0.15, 0.2) is 36.4 Å². The van der Waals surface area contributed by atoms with Crippen molar-refractivity contribution in [3.63, 3.8) is 0 Å². The van der Waals surface area contributed by atoms with Gasteiger partial charge in [-0.25, -0.2) is 0 Å². The molecule has 19 heavy (non-hydrogen) atoms. The minimum absolute atomic E-state index is 0.450. The first-order valence-electron chi connectivity index (χ1n) is 5.72. The van der Waals surface area contributed by atoms with Gasteiger partial charge in [-0.3, -0.25) is 0 Å². The third-order valence-electron chi connectivity index (χ3n) is 2.58. The van der Waals surface area contributed by atoms with Gasteiger partial charge in [-0.05, 0) is 43.3 Å². The summed E-state index contributed by atoms with van der Waals surface area (Å²) in [6.07, 6.45) is 0.639. The number of rotatable bonds is 4. The average Bonchev–Trinajstić information content (AvgIpc) is 2.37. The van der Waals surface area contributed by atoms with Crippen molar-refractivity contribution >= 4 is 34.8 Å². The molecule has 2 nitrogen and oxygen atoms in total. The first-order chi connectivity index (χ1) is 9.11. The van der Waals surface area contributed by atoms with Crippen molar-refractivity contribution in [3.8, 4) is 11.5 Å². The Morgan fingerprint density at radius 2 is 1.74 bits per heavy atom. The van der Waals surface area contributed by atoms with Crippen molar-refractivity contribution in [2.75, 3.05) is 6.54 Å². The molecule has 0 aliphatic rings. The molecule has 0 spiro atoms. The quantitative estimate of drug-likeness (QED) is 0.867. The molecule has 2 N–H and O–H groups in total. The summed E-state index contributed by atoms with van der Waals surface area (Å²) in [6, 6.07) is 10.5. The highest BCUT2D eigenvalue weighted by molar-refractivity contribution is 6.35. The van der Waals surface area contributed by atoms with Crippen LogP contribution in [0.25, 0.3) is 0 Å². The van der Waals surface area contributed by atoms with Gasteiger partial charge in [0.2, 0.25) is 0 Å². The predicted octanol–water partition coefficient (Wildman–Crippen LogP) is 4.94. The number of hydrogen-bond donors (Lipinski definition) is 1. The number of benzene rings is 2. The van der Waals surface area contributed by atoms with Crippen LogP contribution in [0.2, 0.25) is 15.1 Å². The molecule has 0 bridgehead atoms. The second-order valence-corrected chi connectivity index (χ2v) is 5.18. The molecule has 0 unspecified atom stereocenters. The molecule has 0 saturated heterocycles. The monoisotopic (exact) mass is 315 g/mol. The van der Waals surface area contributed by atoms with Crippen LogP contribution < -0.4 is 10.5 Å². The zero-order valence-corrected chi connectivity index (χ0v) is 12.3. The van der Waals surface area contributed by atoms with Crippen molar-refractivity contribution in [2.45, 2.75) is 6.42 Å². The summed E-state index contributed by atoms with van der Waals surface area (Å²) >= 11 is 18.1. The van der Waals surface area contributed by atoms with Gasteiger partial charge in [0.1, 0.15) is 11.5 Å². The smallest absolute Gasteiger partial charge is 0.146 e. The standard InChI is InChI=1S/C14H12Cl3NO/c15-9-4-5-14(12(17)8-9)19-13-3-1-2-11(16)10(13)6-7-18/h1-5,8H,6-7,18H2. The molecule has 0 aromatic heterocycles. The average molecular weight is 317 g/mol. The molecular formula is C14H12Cl3NO. The predicted molar refractivity (Wildman–Crippen MR) is 80.7 cm³/mol. The lowest BCUT2D eigenvalue weighted by Gasteiger charge is -2.13. The maximum Gasteiger partial charge on any atom is 0.146 e. The van der Waals surface area contributed by atoms with Gasteiger partial charge in [-0.2, -0.15) is 0 Å². The molecular weight excluding hydrogens is 305 g/mol. The van der Waals surface area contributed by atoms with E-state index < -0.39 is 0 Å². The maximum absolute atomic E-state index is 6.15. The molecule has 2 aromatic carbocycles. The summed E-state index contributed by atoms with van der Waals surface area (Å²) < 4.78 is 5.80. The third-order valence-corrected chi connectivity index (χ3v) is 3.47. The highest BCUT2D eigenvalue weighted by Gasteiger charge is 2.10. The minimum Gasteiger partial charge on any atom is -0.455 e. The van der Waals surface area contributed by atoms with E-state index in [1.807, 2.05) is 18.2 Å². The molecule has 0 atom stereocenters. The Bertz CT molecular complexity index is 587. The fourth-order valence-corrected chi connectivity index (χ4v) is 2.41. The Hall–Kier alpha value is -0.930. The van der Waals surface area contributed by atoms with Gasteiger partial charge in [0.15, 0.2) is 0 Å². The van der Waals surface area contributed by atoms with E-state index in [1.165, 1.54) is 0 Å². The second-order valence-electron chi connectivity index (χ2n) is 3.93. The van der Waals surface area contributed by atoms with Crippen molar-refractivity contribution in [3.05, 3.63) is 57.0 Å². The Labute approximate surface area is 127 Å². The molecule has 100 valence electrons. The van der Waals surface area contributed by atoms with E-state index in [1.54, 1.807) is 18.2 Å². The van der Waals surface area contributed by atoms with E-state index in [4.69, 9.17) is 45.3 Å². The summed E-state index contributed by atoms with van der Waals surface area (Å²) in [5.41, 5.74) is 6.46. The van der Waals surface area contributed by atoms with Crippen LogP contribution in [0.5, 0.6) is 11.5 Å². The van der Waals surface area contributed by atoms with Gasteiger partial charge in [-0.1, -0.05) is 40.9 Å². The fraction of sp³-hybridized carbons (Fsp3) is 0.143. The lowest BCUT2D eigenvalue weighted by Crippen LogP contribution is -2.04. The van der Waals surface area contributed by atoms with E-state index in [9.17, 15) is 0 Å². The van der Waals surface area contributed by atoms with Gasteiger partial charge >= 0.3 is 0 Å². The highest BCUT2D eigenvalue weighted by Crippen LogP contribution is 2.35. The van der Waals surface area contributed by atoms with Gasteiger partial charge in [-0.15, -0.1) is 0 Å².